The van der Waals surface area contributed by atoms with Crippen molar-refractivity contribution in [2.24, 2.45) is 7.05 Å². The topological polar surface area (TPSA) is 113 Å². The molecule has 0 saturated carbocycles. The van der Waals surface area contributed by atoms with Crippen LogP contribution >= 0.6 is 0 Å². The maximum Gasteiger partial charge on any atom is 0.281 e. The lowest BCUT2D eigenvalue weighted by atomic mass is 9.91. The summed E-state index contributed by atoms with van der Waals surface area (Å²) >= 11 is 0. The highest BCUT2D eigenvalue weighted by Crippen LogP contribution is 2.23. The molecule has 2 N–H and O–H groups in total. The van der Waals surface area contributed by atoms with Crippen molar-refractivity contribution in [3.63, 3.8) is 0 Å². The van der Waals surface area contributed by atoms with Crippen LogP contribution in [0.15, 0.2) is 34.9 Å². The largest absolute Gasteiger partial charge is 0.388 e. The predicted octanol–water partition coefficient (Wildman–Crippen LogP) is 4.25. The van der Waals surface area contributed by atoms with E-state index in [0.717, 1.165) is 38.6 Å². The van der Waals surface area contributed by atoms with Gasteiger partial charge in [0.1, 0.15) is 24.1 Å². The molecule has 1 fully saturated rings. The van der Waals surface area contributed by atoms with E-state index in [4.69, 9.17) is 5.11 Å². The molecular formula is C31H51N5O4. The summed E-state index contributed by atoms with van der Waals surface area (Å²) in [5.74, 6) is 5.31. The Morgan fingerprint density at radius 3 is 2.25 bits per heavy atom. The van der Waals surface area contributed by atoms with Gasteiger partial charge in [-0.1, -0.05) is 71.3 Å². The Morgan fingerprint density at radius 2 is 1.70 bits per heavy atom. The molecule has 0 unspecified atom stereocenters. The molecule has 40 heavy (non-hydrogen) atoms. The van der Waals surface area contributed by atoms with Crippen molar-refractivity contribution in [3.8, 4) is 11.8 Å². The number of hydrogen-bond acceptors (Lipinski definition) is 7. The van der Waals surface area contributed by atoms with E-state index < -0.39 is 5.60 Å². The number of nitrogens with zero attached hydrogens (tertiary/aromatic N) is 5. The van der Waals surface area contributed by atoms with Gasteiger partial charge in [-0.25, -0.2) is 4.98 Å². The molecule has 1 aliphatic carbocycles. The van der Waals surface area contributed by atoms with E-state index in [2.05, 4.69) is 45.1 Å². The Morgan fingerprint density at radius 1 is 1.05 bits per heavy atom. The summed E-state index contributed by atoms with van der Waals surface area (Å²) in [5.41, 5.74) is 1.24. The van der Waals surface area contributed by atoms with Gasteiger partial charge in [0.2, 0.25) is 0 Å². The SMILES string of the molecule is CC.CC.CC.CN1CCC(O)(Cn2cnc3c(C#CCO)n(C)nc3c2=O)CC1.O=CCCC1=CCCC=C1. The van der Waals surface area contributed by atoms with Gasteiger partial charge in [-0.05, 0) is 45.1 Å². The maximum atomic E-state index is 12.7. The van der Waals surface area contributed by atoms with E-state index in [1.54, 1.807) is 7.05 Å². The predicted molar refractivity (Wildman–Crippen MR) is 164 cm³/mol. The van der Waals surface area contributed by atoms with Crippen LogP contribution in [-0.2, 0) is 18.4 Å². The molecule has 3 heterocycles. The van der Waals surface area contributed by atoms with Crippen LogP contribution in [0.5, 0.6) is 0 Å². The summed E-state index contributed by atoms with van der Waals surface area (Å²) < 4.78 is 2.90. The minimum atomic E-state index is -0.903. The number of aliphatic hydroxyl groups excluding tert-OH is 1. The van der Waals surface area contributed by atoms with Crippen molar-refractivity contribution in [2.45, 2.75) is 92.2 Å². The summed E-state index contributed by atoms with van der Waals surface area (Å²) in [6.07, 6.45) is 14.0. The molecule has 224 valence electrons. The number of likely N-dealkylation sites (tertiary alicyclic amines) is 1. The molecule has 9 heteroatoms. The van der Waals surface area contributed by atoms with Crippen molar-refractivity contribution in [1.29, 1.82) is 0 Å². The fourth-order valence-electron chi connectivity index (χ4n) is 4.06. The highest BCUT2D eigenvalue weighted by atomic mass is 16.3. The smallest absolute Gasteiger partial charge is 0.281 e. The third kappa shape index (κ3) is 11.6. The number of carbonyl (C=O) groups excluding carboxylic acids is 1. The number of aromatic nitrogens is 4. The van der Waals surface area contributed by atoms with E-state index >= 15 is 0 Å². The minimum absolute atomic E-state index is 0.205. The van der Waals surface area contributed by atoms with Crippen molar-refractivity contribution >= 4 is 17.3 Å². The molecule has 0 amide bonds. The third-order valence-corrected chi connectivity index (χ3v) is 6.10. The molecule has 4 rings (SSSR count). The van der Waals surface area contributed by atoms with Gasteiger partial charge in [-0.15, -0.1) is 0 Å². The second kappa shape index (κ2) is 20.8. The standard InChI is InChI=1S/C16H21N5O3.C9H12O.3C2H6/c1-19-7-5-16(24,6-8-19)10-21-11-17-13-12(4-3-9-22)20(2)18-14(13)15(21)23;10-8-4-7-9-5-2-1-3-6-9;3*1-2/h11,22,24H,5-10H2,1-2H3;2,5-6,8H,1,3-4,7H2;3*1-2H3. The molecule has 0 radical (unpaired) electrons. The first-order chi connectivity index (χ1) is 19.4. The first-order valence-electron chi connectivity index (χ1n) is 14.6. The lowest BCUT2D eigenvalue weighted by Crippen LogP contribution is -2.47. The van der Waals surface area contributed by atoms with Gasteiger partial charge >= 0.3 is 0 Å². The quantitative estimate of drug-likeness (QED) is 0.417. The summed E-state index contributed by atoms with van der Waals surface area (Å²) in [5, 5.41) is 23.8. The van der Waals surface area contributed by atoms with Gasteiger partial charge in [-0.3, -0.25) is 14.0 Å². The number of rotatable bonds is 5. The summed E-state index contributed by atoms with van der Waals surface area (Å²) in [7, 11) is 3.69. The Balaban J connectivity index is 0.000000795. The zero-order valence-electron chi connectivity index (χ0n) is 25.9. The van der Waals surface area contributed by atoms with Crippen molar-refractivity contribution < 1.29 is 15.0 Å². The Hall–Kier alpha value is -3.06. The van der Waals surface area contributed by atoms with Gasteiger partial charge in [0.05, 0.1) is 18.5 Å². The van der Waals surface area contributed by atoms with Crippen molar-refractivity contribution in [2.75, 3.05) is 26.7 Å². The van der Waals surface area contributed by atoms with Crippen LogP contribution in [0.1, 0.15) is 85.8 Å². The van der Waals surface area contributed by atoms with Crippen LogP contribution in [0.3, 0.4) is 0 Å². The second-order valence-electron chi connectivity index (χ2n) is 8.80. The number of piperidine rings is 1. The molecule has 2 aliphatic rings. The lowest BCUT2D eigenvalue weighted by molar-refractivity contribution is -0.107. The molecule has 1 saturated heterocycles. The Labute approximate surface area is 240 Å². The molecule has 0 aromatic carbocycles. The van der Waals surface area contributed by atoms with E-state index in [0.29, 0.717) is 30.5 Å². The first kappa shape index (κ1) is 36.9. The number of carbonyl (C=O) groups is 1. The van der Waals surface area contributed by atoms with Gasteiger partial charge in [0.25, 0.3) is 5.56 Å². The van der Waals surface area contributed by atoms with Crippen molar-refractivity contribution in [1.82, 2.24) is 24.2 Å². The summed E-state index contributed by atoms with van der Waals surface area (Å²) in [4.78, 5) is 29.1. The number of hydrogen-bond donors (Lipinski definition) is 2. The van der Waals surface area contributed by atoms with Crippen LogP contribution in [0.25, 0.3) is 11.0 Å². The van der Waals surface area contributed by atoms with Gasteiger partial charge in [0, 0.05) is 26.6 Å². The lowest BCUT2D eigenvalue weighted by Gasteiger charge is -2.36. The summed E-state index contributed by atoms with van der Waals surface area (Å²) in [6.45, 7) is 13.5. The molecule has 0 bridgehead atoms. The number of aldehydes is 1. The number of aryl methyl sites for hydroxylation is 1. The normalized spacial score (nSPS) is 15.2. The zero-order valence-corrected chi connectivity index (χ0v) is 25.9. The van der Waals surface area contributed by atoms with Gasteiger partial charge in [0.15, 0.2) is 5.52 Å². The van der Waals surface area contributed by atoms with Crippen LogP contribution in [0, 0.1) is 11.8 Å². The summed E-state index contributed by atoms with van der Waals surface area (Å²) in [6, 6.07) is 0. The molecular weight excluding hydrogens is 506 g/mol. The van der Waals surface area contributed by atoms with Crippen LogP contribution in [0.2, 0.25) is 0 Å². The first-order valence-corrected chi connectivity index (χ1v) is 14.6. The average Bonchev–Trinajstić information content (AvgIpc) is 3.33. The molecule has 2 aromatic heterocycles. The highest BCUT2D eigenvalue weighted by Gasteiger charge is 2.32. The minimum Gasteiger partial charge on any atom is -0.388 e. The fourth-order valence-corrected chi connectivity index (χ4v) is 4.06. The molecule has 0 spiro atoms. The van der Waals surface area contributed by atoms with E-state index in [1.165, 1.54) is 21.1 Å². The van der Waals surface area contributed by atoms with Crippen molar-refractivity contribution in [3.05, 3.63) is 46.2 Å². The monoisotopic (exact) mass is 557 g/mol. The molecule has 2 aromatic rings. The number of fused-ring (bicyclic) bond motifs is 1. The maximum absolute atomic E-state index is 12.7. The Kier molecular flexibility index (Phi) is 19.2. The van der Waals surface area contributed by atoms with Crippen LogP contribution in [0.4, 0.5) is 0 Å². The zero-order chi connectivity index (χ0) is 30.6. The third-order valence-electron chi connectivity index (χ3n) is 6.10. The Bertz CT molecular complexity index is 1180. The number of aliphatic hydroxyl groups is 2. The number of allylic oxidation sites excluding steroid dienone is 4. The highest BCUT2D eigenvalue weighted by molar-refractivity contribution is 5.79. The van der Waals surface area contributed by atoms with E-state index in [1.807, 2.05) is 48.6 Å². The fraction of sp³-hybridized carbons (Fsp3) is 0.613. The average molecular weight is 558 g/mol. The second-order valence-corrected chi connectivity index (χ2v) is 8.80. The van der Waals surface area contributed by atoms with E-state index in [-0.39, 0.29) is 24.2 Å². The molecule has 0 atom stereocenters. The van der Waals surface area contributed by atoms with Gasteiger partial charge in [-0.2, -0.15) is 5.10 Å². The van der Waals surface area contributed by atoms with Crippen LogP contribution in [-0.4, -0.2) is 73.1 Å². The van der Waals surface area contributed by atoms with Gasteiger partial charge < -0.3 is 19.9 Å². The molecule has 1 aliphatic heterocycles. The molecule has 9 nitrogen and oxygen atoms in total. The van der Waals surface area contributed by atoms with E-state index in [9.17, 15) is 14.7 Å². The van der Waals surface area contributed by atoms with Crippen LogP contribution < -0.4 is 5.56 Å².